The van der Waals surface area contributed by atoms with Gasteiger partial charge in [0.2, 0.25) is 5.91 Å². The molecule has 0 saturated heterocycles. The number of hydrogen-bond donors (Lipinski definition) is 2. The van der Waals surface area contributed by atoms with Gasteiger partial charge in [-0.15, -0.1) is 10.2 Å². The Morgan fingerprint density at radius 1 is 1.23 bits per heavy atom. The lowest BCUT2D eigenvalue weighted by atomic mass is 9.86. The highest BCUT2D eigenvalue weighted by Gasteiger charge is 2.23. The van der Waals surface area contributed by atoms with Crippen molar-refractivity contribution in [2.45, 2.75) is 56.8 Å². The minimum atomic E-state index is -0.336. The Kier molecular flexibility index (Phi) is 7.77. The van der Waals surface area contributed by atoms with Gasteiger partial charge in [0.1, 0.15) is 0 Å². The smallest absolute Gasteiger partial charge is 0.251 e. The molecule has 0 unspecified atom stereocenters. The molecule has 7 nitrogen and oxygen atoms in total. The number of hydrogen-bond acceptors (Lipinski definition) is 5. The van der Waals surface area contributed by atoms with Crippen LogP contribution in [0.25, 0.3) is 0 Å². The Morgan fingerprint density at radius 3 is 2.63 bits per heavy atom. The van der Waals surface area contributed by atoms with Crippen LogP contribution in [0, 0.1) is 5.92 Å². The Morgan fingerprint density at radius 2 is 1.93 bits per heavy atom. The van der Waals surface area contributed by atoms with E-state index in [1.165, 1.54) is 31.0 Å². The van der Waals surface area contributed by atoms with Crippen LogP contribution < -0.4 is 10.6 Å². The average molecular weight is 450 g/mol. The maximum Gasteiger partial charge on any atom is 0.251 e. The van der Waals surface area contributed by atoms with Crippen LogP contribution in [-0.2, 0) is 11.8 Å². The van der Waals surface area contributed by atoms with Crippen molar-refractivity contribution in [3.05, 3.63) is 40.7 Å². The summed E-state index contributed by atoms with van der Waals surface area (Å²) in [5.74, 6) is 1.26. The molecule has 0 spiro atoms. The summed E-state index contributed by atoms with van der Waals surface area (Å²) in [5, 5.41) is 15.7. The lowest BCUT2D eigenvalue weighted by molar-refractivity contribution is -0.119. The zero-order valence-electron chi connectivity index (χ0n) is 17.5. The zero-order valence-corrected chi connectivity index (χ0v) is 19.1. The summed E-state index contributed by atoms with van der Waals surface area (Å²) in [6.07, 6.45) is 4.65. The van der Waals surface area contributed by atoms with E-state index < -0.39 is 0 Å². The van der Waals surface area contributed by atoms with E-state index in [0.29, 0.717) is 33.2 Å². The molecule has 1 aliphatic carbocycles. The fourth-order valence-electron chi connectivity index (χ4n) is 3.68. The minimum absolute atomic E-state index is 0.0207. The molecule has 0 aliphatic heterocycles. The second-order valence-corrected chi connectivity index (χ2v) is 9.21. The first-order valence-electron chi connectivity index (χ1n) is 10.2. The molecule has 162 valence electrons. The molecule has 3 rings (SSSR count). The Bertz CT molecular complexity index is 886. The van der Waals surface area contributed by atoms with E-state index in [0.717, 1.165) is 6.42 Å². The third kappa shape index (κ3) is 5.76. The van der Waals surface area contributed by atoms with Crippen LogP contribution in [0.3, 0.4) is 0 Å². The van der Waals surface area contributed by atoms with Crippen LogP contribution in [0.4, 0.5) is 0 Å². The first kappa shape index (κ1) is 22.6. The number of carbonyl (C=O) groups excluding carboxylic acids is 2. The van der Waals surface area contributed by atoms with Crippen molar-refractivity contribution in [2.75, 3.05) is 5.75 Å². The highest BCUT2D eigenvalue weighted by Crippen LogP contribution is 2.24. The van der Waals surface area contributed by atoms with Gasteiger partial charge in [0.05, 0.1) is 11.8 Å². The van der Waals surface area contributed by atoms with E-state index in [-0.39, 0.29) is 23.9 Å². The SMILES string of the molecule is C[C@H](NC(=O)c1ccc(Cl)cc1)c1nnc(SCC(=O)N[C@@H]2CCCC[C@H]2C)n1C. The number of halogens is 1. The zero-order chi connectivity index (χ0) is 21.7. The summed E-state index contributed by atoms with van der Waals surface area (Å²) in [7, 11) is 1.84. The predicted molar refractivity (Wildman–Crippen MR) is 119 cm³/mol. The molecule has 9 heteroatoms. The van der Waals surface area contributed by atoms with Gasteiger partial charge in [-0.3, -0.25) is 9.59 Å². The van der Waals surface area contributed by atoms with Gasteiger partial charge in [-0.25, -0.2) is 0 Å². The monoisotopic (exact) mass is 449 g/mol. The lowest BCUT2D eigenvalue weighted by Crippen LogP contribution is -2.41. The van der Waals surface area contributed by atoms with E-state index in [1.54, 1.807) is 24.3 Å². The fraction of sp³-hybridized carbons (Fsp3) is 0.524. The second kappa shape index (κ2) is 10.3. The first-order chi connectivity index (χ1) is 14.3. The molecular formula is C21H28ClN5O2S. The molecule has 1 saturated carbocycles. The molecular weight excluding hydrogens is 422 g/mol. The number of carbonyl (C=O) groups is 2. The molecule has 0 bridgehead atoms. The molecule has 0 radical (unpaired) electrons. The molecule has 1 aromatic carbocycles. The van der Waals surface area contributed by atoms with Crippen molar-refractivity contribution in [1.82, 2.24) is 25.4 Å². The Balaban J connectivity index is 1.53. The van der Waals surface area contributed by atoms with E-state index in [2.05, 4.69) is 27.8 Å². The normalized spacial score (nSPS) is 19.9. The largest absolute Gasteiger partial charge is 0.352 e. The van der Waals surface area contributed by atoms with Crippen molar-refractivity contribution in [2.24, 2.45) is 13.0 Å². The van der Waals surface area contributed by atoms with Gasteiger partial charge in [0.15, 0.2) is 11.0 Å². The van der Waals surface area contributed by atoms with Crippen molar-refractivity contribution in [3.8, 4) is 0 Å². The topological polar surface area (TPSA) is 88.9 Å². The molecule has 1 fully saturated rings. The van der Waals surface area contributed by atoms with Crippen molar-refractivity contribution >= 4 is 35.2 Å². The summed E-state index contributed by atoms with van der Waals surface area (Å²) < 4.78 is 1.81. The van der Waals surface area contributed by atoms with Gasteiger partial charge in [0.25, 0.3) is 5.91 Å². The molecule has 2 N–H and O–H groups in total. The number of nitrogens with zero attached hydrogens (tertiary/aromatic N) is 3. The molecule has 2 amide bonds. The quantitative estimate of drug-likeness (QED) is 0.628. The van der Waals surface area contributed by atoms with Crippen LogP contribution >= 0.6 is 23.4 Å². The number of thioether (sulfide) groups is 1. The number of amides is 2. The standard InChI is InChI=1S/C21H28ClN5O2S/c1-13-6-4-5-7-17(13)24-18(28)12-30-21-26-25-19(27(21)3)14(2)23-20(29)15-8-10-16(22)11-9-15/h8-11,13-14,17H,4-7,12H2,1-3H3,(H,23,29)(H,24,28)/t13-,14+,17-/m1/s1. The van der Waals surface area contributed by atoms with Crippen LogP contribution in [0.15, 0.2) is 29.4 Å². The van der Waals surface area contributed by atoms with Gasteiger partial charge < -0.3 is 15.2 Å². The molecule has 3 atom stereocenters. The van der Waals surface area contributed by atoms with Crippen molar-refractivity contribution < 1.29 is 9.59 Å². The second-order valence-electron chi connectivity index (χ2n) is 7.83. The van der Waals surface area contributed by atoms with Gasteiger partial charge in [-0.2, -0.15) is 0 Å². The fourth-order valence-corrected chi connectivity index (χ4v) is 4.54. The van der Waals surface area contributed by atoms with Crippen molar-refractivity contribution in [3.63, 3.8) is 0 Å². The van der Waals surface area contributed by atoms with Crippen LogP contribution in [0.1, 0.15) is 61.8 Å². The van der Waals surface area contributed by atoms with Gasteiger partial charge in [0, 0.05) is 23.7 Å². The van der Waals surface area contributed by atoms with E-state index in [9.17, 15) is 9.59 Å². The first-order valence-corrected chi connectivity index (χ1v) is 11.6. The number of nitrogens with one attached hydrogen (secondary N) is 2. The Hall–Kier alpha value is -2.06. The summed E-state index contributed by atoms with van der Waals surface area (Å²) in [6, 6.07) is 6.64. The summed E-state index contributed by atoms with van der Waals surface area (Å²) in [6.45, 7) is 4.05. The van der Waals surface area contributed by atoms with E-state index in [4.69, 9.17) is 11.6 Å². The van der Waals surface area contributed by atoms with Gasteiger partial charge >= 0.3 is 0 Å². The van der Waals surface area contributed by atoms with Crippen LogP contribution in [-0.4, -0.2) is 38.4 Å². The summed E-state index contributed by atoms with van der Waals surface area (Å²) >= 11 is 7.22. The third-order valence-electron chi connectivity index (χ3n) is 5.50. The van der Waals surface area contributed by atoms with E-state index in [1.807, 2.05) is 18.5 Å². The van der Waals surface area contributed by atoms with Gasteiger partial charge in [-0.1, -0.05) is 43.1 Å². The van der Waals surface area contributed by atoms with Crippen LogP contribution in [0.5, 0.6) is 0 Å². The van der Waals surface area contributed by atoms with Gasteiger partial charge in [-0.05, 0) is 49.9 Å². The average Bonchev–Trinajstić information content (AvgIpc) is 3.09. The minimum Gasteiger partial charge on any atom is -0.352 e. The highest BCUT2D eigenvalue weighted by atomic mass is 35.5. The van der Waals surface area contributed by atoms with Crippen LogP contribution in [0.2, 0.25) is 5.02 Å². The molecule has 2 aromatic rings. The molecule has 30 heavy (non-hydrogen) atoms. The number of rotatable bonds is 7. The molecule has 1 aliphatic rings. The number of benzene rings is 1. The third-order valence-corrected chi connectivity index (χ3v) is 6.77. The number of aromatic nitrogens is 3. The maximum atomic E-state index is 12.4. The van der Waals surface area contributed by atoms with Crippen molar-refractivity contribution in [1.29, 1.82) is 0 Å². The summed E-state index contributed by atoms with van der Waals surface area (Å²) in [4.78, 5) is 24.8. The lowest BCUT2D eigenvalue weighted by Gasteiger charge is -2.29. The summed E-state index contributed by atoms with van der Waals surface area (Å²) in [5.41, 5.74) is 0.525. The van der Waals surface area contributed by atoms with E-state index >= 15 is 0 Å². The molecule has 1 aromatic heterocycles. The highest BCUT2D eigenvalue weighted by molar-refractivity contribution is 7.99. The Labute approximate surface area is 186 Å². The predicted octanol–water partition coefficient (Wildman–Crippen LogP) is 3.75. The molecule has 1 heterocycles. The maximum absolute atomic E-state index is 12.4.